The average Bonchev–Trinajstić information content (AvgIpc) is 2.69. The minimum absolute atomic E-state index is 0.569. The van der Waals surface area contributed by atoms with Crippen LogP contribution in [0.4, 0.5) is 8.78 Å². The molecular formula is C23H20F2O. The Balaban J connectivity index is 2.06. The van der Waals surface area contributed by atoms with Gasteiger partial charge in [0.15, 0.2) is 0 Å². The van der Waals surface area contributed by atoms with Crippen molar-refractivity contribution in [3.05, 3.63) is 76.9 Å². The maximum atomic E-state index is 13.8. The van der Waals surface area contributed by atoms with Crippen LogP contribution in [0.25, 0.3) is 0 Å². The lowest BCUT2D eigenvalue weighted by atomic mass is 10.1. The molecule has 1 nitrogen and oxygen atoms in total. The summed E-state index contributed by atoms with van der Waals surface area (Å²) in [5.41, 5.74) is 2.36. The zero-order valence-corrected chi connectivity index (χ0v) is 14.9. The molecule has 0 saturated heterocycles. The second-order valence-corrected chi connectivity index (χ2v) is 5.55. The molecule has 0 N–H and O–H groups in total. The number of hydrogen-bond donors (Lipinski definition) is 0. The van der Waals surface area contributed by atoms with Crippen molar-refractivity contribution in [2.24, 2.45) is 0 Å². The summed E-state index contributed by atoms with van der Waals surface area (Å²) in [6.07, 6.45) is 1.83. The van der Waals surface area contributed by atoms with Crippen molar-refractivity contribution in [1.82, 2.24) is 0 Å². The molecule has 0 amide bonds. The van der Waals surface area contributed by atoms with E-state index in [-0.39, 0.29) is 0 Å². The molecule has 0 heterocycles. The lowest BCUT2D eigenvalue weighted by Gasteiger charge is -2.03. The molecule has 0 atom stereocenters. The van der Waals surface area contributed by atoms with Gasteiger partial charge in [0.05, 0.1) is 6.61 Å². The highest BCUT2D eigenvalue weighted by molar-refractivity contribution is 5.46. The first-order valence-corrected chi connectivity index (χ1v) is 8.53. The van der Waals surface area contributed by atoms with Gasteiger partial charge in [-0.1, -0.05) is 37.8 Å². The van der Waals surface area contributed by atoms with Crippen LogP contribution < -0.4 is 4.74 Å². The Morgan fingerprint density at radius 2 is 1.31 bits per heavy atom. The molecule has 0 aromatic heterocycles. The lowest BCUT2D eigenvalue weighted by Crippen LogP contribution is -1.94. The van der Waals surface area contributed by atoms with Gasteiger partial charge in [-0.15, -0.1) is 0 Å². The number of ether oxygens (including phenoxy) is 1. The van der Waals surface area contributed by atoms with Crippen LogP contribution >= 0.6 is 0 Å². The second kappa shape index (κ2) is 10.1. The number of aryl methyl sites for hydroxylation is 1. The number of rotatable bonds is 4. The van der Waals surface area contributed by atoms with Crippen molar-refractivity contribution in [1.29, 1.82) is 0 Å². The van der Waals surface area contributed by atoms with Crippen molar-refractivity contribution >= 4 is 0 Å². The molecule has 0 aliphatic carbocycles. The standard InChI is InChI=1S/C23H20F2O/c1-3-17-26-21-13-9-20(10-14-21)12-16-23(25)22(24)15-11-19-7-5-18(4-2)6-8-19/h5-10,13-14H,3-4,17H2,1-2H3. The van der Waals surface area contributed by atoms with Crippen LogP contribution in [-0.4, -0.2) is 6.61 Å². The van der Waals surface area contributed by atoms with E-state index in [9.17, 15) is 8.78 Å². The third kappa shape index (κ3) is 6.11. The van der Waals surface area contributed by atoms with E-state index < -0.39 is 11.7 Å². The summed E-state index contributed by atoms with van der Waals surface area (Å²) < 4.78 is 32.9. The Morgan fingerprint density at radius 1 is 0.808 bits per heavy atom. The quantitative estimate of drug-likeness (QED) is 0.653. The fourth-order valence-corrected chi connectivity index (χ4v) is 2.04. The molecule has 0 spiro atoms. The molecule has 0 fully saturated rings. The van der Waals surface area contributed by atoms with Crippen molar-refractivity contribution in [3.63, 3.8) is 0 Å². The number of halogens is 2. The molecule has 3 heteroatoms. The van der Waals surface area contributed by atoms with Gasteiger partial charge in [-0.25, -0.2) is 0 Å². The van der Waals surface area contributed by atoms with Crippen LogP contribution in [0.1, 0.15) is 37.0 Å². The van der Waals surface area contributed by atoms with Gasteiger partial charge >= 0.3 is 0 Å². The Kier molecular flexibility index (Phi) is 7.47. The van der Waals surface area contributed by atoms with Gasteiger partial charge in [-0.3, -0.25) is 0 Å². The smallest absolute Gasteiger partial charge is 0.217 e. The summed E-state index contributed by atoms with van der Waals surface area (Å²) in [5, 5.41) is 0. The van der Waals surface area contributed by atoms with Gasteiger partial charge in [0.1, 0.15) is 5.75 Å². The van der Waals surface area contributed by atoms with E-state index in [1.165, 1.54) is 0 Å². The van der Waals surface area contributed by atoms with Gasteiger partial charge in [0.2, 0.25) is 11.7 Å². The van der Waals surface area contributed by atoms with Gasteiger partial charge in [-0.2, -0.15) is 8.78 Å². The fourth-order valence-electron chi connectivity index (χ4n) is 2.04. The van der Waals surface area contributed by atoms with Crippen LogP contribution in [0.5, 0.6) is 5.75 Å². The molecule has 0 radical (unpaired) electrons. The summed E-state index contributed by atoms with van der Waals surface area (Å²) in [6, 6.07) is 14.3. The molecule has 132 valence electrons. The van der Waals surface area contributed by atoms with Gasteiger partial charge in [0.25, 0.3) is 0 Å². The van der Waals surface area contributed by atoms with Crippen LogP contribution in [0.3, 0.4) is 0 Å². The Morgan fingerprint density at radius 3 is 1.77 bits per heavy atom. The molecule has 2 aromatic rings. The van der Waals surface area contributed by atoms with E-state index in [4.69, 9.17) is 4.74 Å². The maximum Gasteiger partial charge on any atom is 0.217 e. The molecular weight excluding hydrogens is 330 g/mol. The lowest BCUT2D eigenvalue weighted by molar-refractivity contribution is 0.317. The largest absolute Gasteiger partial charge is 0.494 e. The summed E-state index contributed by atoms with van der Waals surface area (Å²) in [5.74, 6) is 7.88. The minimum Gasteiger partial charge on any atom is -0.494 e. The van der Waals surface area contributed by atoms with Crippen LogP contribution in [0.2, 0.25) is 0 Å². The monoisotopic (exact) mass is 350 g/mol. The summed E-state index contributed by atoms with van der Waals surface area (Å²) in [4.78, 5) is 0. The molecule has 26 heavy (non-hydrogen) atoms. The predicted molar refractivity (Wildman–Crippen MR) is 101 cm³/mol. The van der Waals surface area contributed by atoms with E-state index >= 15 is 0 Å². The van der Waals surface area contributed by atoms with E-state index in [2.05, 4.69) is 23.7 Å². The Hall–Kier alpha value is -3.04. The van der Waals surface area contributed by atoms with E-state index in [1.54, 1.807) is 36.4 Å². The van der Waals surface area contributed by atoms with Crippen molar-refractivity contribution in [3.8, 4) is 29.4 Å². The fraction of sp³-hybridized carbons (Fsp3) is 0.217. The molecule has 0 aliphatic heterocycles. The van der Waals surface area contributed by atoms with Gasteiger partial charge in [-0.05, 0) is 66.6 Å². The minimum atomic E-state index is -1.17. The molecule has 0 bridgehead atoms. The zero-order valence-electron chi connectivity index (χ0n) is 14.9. The molecule has 2 rings (SSSR count). The summed E-state index contributed by atoms with van der Waals surface area (Å²) in [6.45, 7) is 4.70. The number of allylic oxidation sites excluding steroid dienone is 2. The predicted octanol–water partition coefficient (Wildman–Crippen LogP) is 5.59. The zero-order chi connectivity index (χ0) is 18.8. The summed E-state index contributed by atoms with van der Waals surface area (Å²) >= 11 is 0. The summed E-state index contributed by atoms with van der Waals surface area (Å²) in [7, 11) is 0. The van der Waals surface area contributed by atoms with E-state index in [0.29, 0.717) is 17.7 Å². The molecule has 2 aromatic carbocycles. The molecule has 0 unspecified atom stereocenters. The molecule has 0 aliphatic rings. The highest BCUT2D eigenvalue weighted by atomic mass is 19.2. The third-order valence-corrected chi connectivity index (χ3v) is 3.52. The highest BCUT2D eigenvalue weighted by Crippen LogP contribution is 2.12. The first-order chi connectivity index (χ1) is 12.6. The van der Waals surface area contributed by atoms with E-state index in [1.807, 2.05) is 26.0 Å². The van der Waals surface area contributed by atoms with Gasteiger partial charge in [0, 0.05) is 11.1 Å². The topological polar surface area (TPSA) is 9.23 Å². The van der Waals surface area contributed by atoms with Crippen LogP contribution in [0, 0.1) is 23.7 Å². The third-order valence-electron chi connectivity index (χ3n) is 3.52. The maximum absolute atomic E-state index is 13.8. The van der Waals surface area contributed by atoms with Crippen molar-refractivity contribution in [2.45, 2.75) is 26.7 Å². The first-order valence-electron chi connectivity index (χ1n) is 8.53. The Bertz CT molecular complexity index is 870. The number of hydrogen-bond acceptors (Lipinski definition) is 1. The van der Waals surface area contributed by atoms with Crippen molar-refractivity contribution < 1.29 is 13.5 Å². The van der Waals surface area contributed by atoms with Crippen LogP contribution in [-0.2, 0) is 6.42 Å². The van der Waals surface area contributed by atoms with E-state index in [0.717, 1.165) is 24.2 Å². The van der Waals surface area contributed by atoms with Crippen LogP contribution in [0.15, 0.2) is 60.2 Å². The average molecular weight is 350 g/mol. The normalized spacial score (nSPS) is 10.8. The first kappa shape index (κ1) is 19.3. The molecule has 0 saturated carbocycles. The second-order valence-electron chi connectivity index (χ2n) is 5.55. The number of benzene rings is 2. The highest BCUT2D eigenvalue weighted by Gasteiger charge is 1.99. The van der Waals surface area contributed by atoms with Crippen molar-refractivity contribution in [2.75, 3.05) is 6.61 Å². The SMILES string of the molecule is CCCOc1ccc(C#CC(F)=C(F)C#Cc2ccc(CC)cc2)cc1. The Labute approximate surface area is 153 Å². The van der Waals surface area contributed by atoms with Gasteiger partial charge < -0.3 is 4.74 Å².